The number of nitrogens with zero attached hydrogens (tertiary/aromatic N) is 5. The largest absolute Gasteiger partial charge is 0.460 e. The second-order valence-corrected chi connectivity index (χ2v) is 11.5. The van der Waals surface area contributed by atoms with Crippen LogP contribution in [0.5, 0.6) is 6.01 Å². The molecule has 4 aliphatic rings. The van der Waals surface area contributed by atoms with E-state index in [1.54, 1.807) is 30.6 Å². The van der Waals surface area contributed by atoms with Crippen molar-refractivity contribution in [2.45, 2.75) is 44.2 Å². The van der Waals surface area contributed by atoms with Gasteiger partial charge in [0.05, 0.1) is 40.9 Å². The lowest BCUT2D eigenvalue weighted by atomic mass is 9.91. The van der Waals surface area contributed by atoms with Crippen LogP contribution in [0.4, 0.5) is 15.0 Å². The summed E-state index contributed by atoms with van der Waals surface area (Å²) in [4.78, 5) is 28.8. The number of carbonyl (C=O) groups excluding carboxylic acids is 1. The molecule has 0 saturated carbocycles. The monoisotopic (exact) mass is 593 g/mol. The molecule has 218 valence electrons. The third-order valence-electron chi connectivity index (χ3n) is 8.05. The van der Waals surface area contributed by atoms with Gasteiger partial charge in [0.25, 0.3) is 0 Å². The van der Waals surface area contributed by atoms with Gasteiger partial charge in [0.1, 0.15) is 29.7 Å². The fourth-order valence-corrected chi connectivity index (χ4v) is 6.29. The van der Waals surface area contributed by atoms with E-state index in [9.17, 15) is 4.79 Å². The number of anilines is 1. The Morgan fingerprint density at radius 3 is 2.93 bits per heavy atom. The number of piperidine rings is 1. The highest BCUT2D eigenvalue weighted by Crippen LogP contribution is 2.40. The van der Waals surface area contributed by atoms with Crippen LogP contribution in [-0.4, -0.2) is 75.8 Å². The van der Waals surface area contributed by atoms with Gasteiger partial charge < -0.3 is 24.4 Å². The molecule has 0 unspecified atom stereocenters. The second-order valence-electron chi connectivity index (χ2n) is 11.1. The highest BCUT2D eigenvalue weighted by Gasteiger charge is 2.35. The Balaban J connectivity index is 1.47. The molecule has 6 bridgehead atoms. The van der Waals surface area contributed by atoms with E-state index >= 15 is 4.39 Å². The van der Waals surface area contributed by atoms with Crippen LogP contribution in [0.2, 0.25) is 5.02 Å². The van der Waals surface area contributed by atoms with Gasteiger partial charge in [0, 0.05) is 48.6 Å². The first-order valence-electron chi connectivity index (χ1n) is 14.0. The van der Waals surface area contributed by atoms with Gasteiger partial charge in [0.2, 0.25) is 0 Å². The van der Waals surface area contributed by atoms with Crippen molar-refractivity contribution in [3.8, 4) is 17.3 Å². The third-order valence-corrected chi connectivity index (χ3v) is 8.36. The summed E-state index contributed by atoms with van der Waals surface area (Å²) in [7, 11) is 0. The van der Waals surface area contributed by atoms with Gasteiger partial charge >= 0.3 is 12.1 Å². The number of benzene rings is 1. The van der Waals surface area contributed by atoms with E-state index in [2.05, 4.69) is 25.5 Å². The number of aromatic nitrogens is 5. The zero-order valence-corrected chi connectivity index (χ0v) is 23.7. The maximum absolute atomic E-state index is 16.8. The van der Waals surface area contributed by atoms with E-state index in [4.69, 9.17) is 30.8 Å². The molecule has 2 saturated heterocycles. The summed E-state index contributed by atoms with van der Waals surface area (Å²) in [5.74, 6) is -0.128. The van der Waals surface area contributed by atoms with Crippen LogP contribution in [-0.2, 0) is 9.47 Å². The number of hydrogen-bond acceptors (Lipinski definition) is 9. The highest BCUT2D eigenvalue weighted by molar-refractivity contribution is 6.33. The van der Waals surface area contributed by atoms with Gasteiger partial charge in [-0.25, -0.2) is 9.18 Å². The van der Waals surface area contributed by atoms with Gasteiger partial charge in [-0.1, -0.05) is 17.7 Å². The van der Waals surface area contributed by atoms with Crippen molar-refractivity contribution in [2.24, 2.45) is 0 Å². The minimum absolute atomic E-state index is 0.00513. The molecule has 4 aliphatic heterocycles. The Morgan fingerprint density at radius 1 is 1.21 bits per heavy atom. The normalized spacial score (nSPS) is 21.5. The maximum Gasteiger partial charge on any atom is 0.407 e. The number of fused-ring (bicyclic) bond motifs is 6. The van der Waals surface area contributed by atoms with Gasteiger partial charge in [-0.05, 0) is 31.9 Å². The first kappa shape index (κ1) is 26.8. The lowest BCUT2D eigenvalue weighted by Gasteiger charge is -2.41. The molecule has 0 aliphatic carbocycles. The van der Waals surface area contributed by atoms with Crippen LogP contribution in [0.15, 0.2) is 24.5 Å². The smallest absolute Gasteiger partial charge is 0.407 e. The number of hydrogen-bond donors (Lipinski definition) is 2. The van der Waals surface area contributed by atoms with Gasteiger partial charge in [0.15, 0.2) is 5.82 Å². The highest BCUT2D eigenvalue weighted by atomic mass is 35.5. The summed E-state index contributed by atoms with van der Waals surface area (Å²) in [5.41, 5.74) is 1.11. The summed E-state index contributed by atoms with van der Waals surface area (Å²) in [6, 6.07) is 1.80. The number of ether oxygens (including phenoxy) is 3. The van der Waals surface area contributed by atoms with Crippen molar-refractivity contribution in [2.75, 3.05) is 37.8 Å². The standard InChI is InChI=1S/C29H29ClFN7O4/c1-29-7-3-8-38(15-29)26-19-13-32-25(23(31)24(19)34-27(35-26)42-16-5-10-40-11-6-16)22-17(4-2-9-41-28(39)36-29)20(30)12-21-18(22)14-33-37-21/h2,4,12-14,16H,3,5-11,15H2,1H3,(H,33,37)(H,36,39)/t29-/m1/s1. The van der Waals surface area contributed by atoms with Crippen molar-refractivity contribution >= 4 is 51.4 Å². The maximum atomic E-state index is 16.8. The van der Waals surface area contributed by atoms with E-state index in [0.717, 1.165) is 12.8 Å². The molecule has 0 spiro atoms. The van der Waals surface area contributed by atoms with E-state index < -0.39 is 17.4 Å². The number of H-pyrrole nitrogens is 1. The molecule has 8 rings (SSSR count). The molecule has 2 fully saturated rings. The van der Waals surface area contributed by atoms with Gasteiger partial charge in [-0.15, -0.1) is 0 Å². The van der Waals surface area contributed by atoms with Crippen LogP contribution in [0.3, 0.4) is 0 Å². The summed E-state index contributed by atoms with van der Waals surface area (Å²) in [5, 5.41) is 11.5. The average molecular weight is 594 g/mol. The molecule has 3 aromatic heterocycles. The second kappa shape index (κ2) is 10.7. The fraction of sp³-hybridized carbons (Fsp3) is 0.414. The van der Waals surface area contributed by atoms with Gasteiger partial charge in [-0.2, -0.15) is 15.1 Å². The van der Waals surface area contributed by atoms with Crippen LogP contribution < -0.4 is 15.0 Å². The number of rotatable bonds is 2. The van der Waals surface area contributed by atoms with Crippen molar-refractivity contribution < 1.29 is 23.4 Å². The lowest BCUT2D eigenvalue weighted by Crippen LogP contribution is -2.57. The van der Waals surface area contributed by atoms with Crippen molar-refractivity contribution in [1.82, 2.24) is 30.5 Å². The van der Waals surface area contributed by atoms with Crippen molar-refractivity contribution in [3.63, 3.8) is 0 Å². The first-order valence-corrected chi connectivity index (χ1v) is 14.4. The molecule has 2 N–H and O–H groups in total. The zero-order chi connectivity index (χ0) is 28.8. The lowest BCUT2D eigenvalue weighted by molar-refractivity contribution is 0.0219. The molecule has 4 aromatic rings. The number of amides is 1. The van der Waals surface area contributed by atoms with Crippen molar-refractivity contribution in [1.29, 1.82) is 0 Å². The molecular formula is C29H29ClFN7O4. The number of halogens is 2. The van der Waals surface area contributed by atoms with E-state index in [1.165, 1.54) is 0 Å². The zero-order valence-electron chi connectivity index (χ0n) is 23.0. The topological polar surface area (TPSA) is 127 Å². The molecule has 1 atom stereocenters. The summed E-state index contributed by atoms with van der Waals surface area (Å²) < 4.78 is 33.9. The molecule has 0 radical (unpaired) electrons. The van der Waals surface area contributed by atoms with Crippen LogP contribution >= 0.6 is 11.6 Å². The van der Waals surface area contributed by atoms with E-state index in [0.29, 0.717) is 77.4 Å². The number of nitrogens with one attached hydrogen (secondary N) is 2. The molecular weight excluding hydrogens is 565 g/mol. The minimum atomic E-state index is -0.621. The predicted octanol–water partition coefficient (Wildman–Crippen LogP) is 5.03. The molecule has 7 heterocycles. The Labute approximate surface area is 245 Å². The summed E-state index contributed by atoms with van der Waals surface area (Å²) >= 11 is 6.70. The first-order chi connectivity index (χ1) is 20.4. The number of alkyl carbamates (subject to hydrolysis) is 1. The Morgan fingerprint density at radius 2 is 2.07 bits per heavy atom. The van der Waals surface area contributed by atoms with Crippen LogP contribution in [0.1, 0.15) is 38.2 Å². The predicted molar refractivity (Wildman–Crippen MR) is 155 cm³/mol. The SMILES string of the molecule is C[C@@]12CCCN(C1)c1nc(OC3CCOCC3)nc3c(F)c(ncc13)-c1c(c(Cl)cc3[nH]ncc13)C=CCOC(=O)N2. The van der Waals surface area contributed by atoms with Crippen LogP contribution in [0, 0.1) is 5.82 Å². The third kappa shape index (κ3) is 4.88. The molecule has 1 amide bonds. The Kier molecular flexibility index (Phi) is 6.82. The van der Waals surface area contributed by atoms with Gasteiger partial charge in [-0.3, -0.25) is 10.1 Å². The Bertz CT molecular complexity index is 1720. The molecule has 11 nitrogen and oxygen atoms in total. The summed E-state index contributed by atoms with van der Waals surface area (Å²) in [6.07, 6.45) is 8.77. The number of pyridine rings is 1. The van der Waals surface area contributed by atoms with Crippen LogP contribution in [0.25, 0.3) is 39.1 Å². The van der Waals surface area contributed by atoms with Crippen molar-refractivity contribution in [3.05, 3.63) is 40.9 Å². The average Bonchev–Trinajstić information content (AvgIpc) is 3.43. The molecule has 1 aromatic carbocycles. The quantitative estimate of drug-likeness (QED) is 0.329. The minimum Gasteiger partial charge on any atom is -0.460 e. The fourth-order valence-electron chi connectivity index (χ4n) is 6.02. The van der Waals surface area contributed by atoms with E-state index in [-0.39, 0.29) is 29.9 Å². The summed E-state index contributed by atoms with van der Waals surface area (Å²) in [6.45, 7) is 4.19. The molecule has 42 heavy (non-hydrogen) atoms. The Hall–Kier alpha value is -4.03. The number of carbonyl (C=O) groups is 1. The molecule has 13 heteroatoms. The number of aromatic amines is 1. The van der Waals surface area contributed by atoms with E-state index in [1.807, 2.05) is 11.8 Å².